The second kappa shape index (κ2) is 7.15. The maximum atomic E-state index is 8.33. The van der Waals surface area contributed by atoms with Crippen LogP contribution in [0.5, 0.6) is 5.75 Å². The SMILES string of the molecule is COc1ccc(-c2ccccc2)c(NC(=N)N2CCOCC2)c1. The number of nitrogens with one attached hydrogen (secondary N) is 2. The number of benzene rings is 2. The average Bonchev–Trinajstić information content (AvgIpc) is 2.63. The monoisotopic (exact) mass is 311 g/mol. The van der Waals surface area contributed by atoms with Crippen molar-refractivity contribution in [3.63, 3.8) is 0 Å². The van der Waals surface area contributed by atoms with Gasteiger partial charge in [0, 0.05) is 24.7 Å². The summed E-state index contributed by atoms with van der Waals surface area (Å²) in [5.41, 5.74) is 3.02. The fourth-order valence-electron chi connectivity index (χ4n) is 2.62. The van der Waals surface area contributed by atoms with Gasteiger partial charge in [-0.05, 0) is 17.7 Å². The van der Waals surface area contributed by atoms with Crippen LogP contribution in [0.4, 0.5) is 5.69 Å². The Morgan fingerprint density at radius 3 is 2.57 bits per heavy atom. The quantitative estimate of drug-likeness (QED) is 0.676. The summed E-state index contributed by atoms with van der Waals surface area (Å²) in [5.74, 6) is 1.15. The molecule has 1 fully saturated rings. The molecule has 23 heavy (non-hydrogen) atoms. The summed E-state index contributed by atoms with van der Waals surface area (Å²) in [5, 5.41) is 11.6. The van der Waals surface area contributed by atoms with E-state index in [9.17, 15) is 0 Å². The zero-order valence-electron chi connectivity index (χ0n) is 13.2. The zero-order valence-corrected chi connectivity index (χ0v) is 13.2. The Morgan fingerprint density at radius 2 is 1.87 bits per heavy atom. The van der Waals surface area contributed by atoms with Crippen LogP contribution in [0.15, 0.2) is 48.5 Å². The fourth-order valence-corrected chi connectivity index (χ4v) is 2.62. The van der Waals surface area contributed by atoms with Crippen LogP contribution < -0.4 is 10.1 Å². The first-order valence-electron chi connectivity index (χ1n) is 7.69. The van der Waals surface area contributed by atoms with E-state index in [1.54, 1.807) is 7.11 Å². The van der Waals surface area contributed by atoms with E-state index in [-0.39, 0.29) is 0 Å². The minimum atomic E-state index is 0.388. The molecule has 120 valence electrons. The molecule has 2 aromatic rings. The van der Waals surface area contributed by atoms with Crippen LogP contribution >= 0.6 is 0 Å². The van der Waals surface area contributed by atoms with Crippen molar-refractivity contribution in [1.29, 1.82) is 5.41 Å². The van der Waals surface area contributed by atoms with Crippen molar-refractivity contribution < 1.29 is 9.47 Å². The Morgan fingerprint density at radius 1 is 1.13 bits per heavy atom. The molecular weight excluding hydrogens is 290 g/mol. The van der Waals surface area contributed by atoms with E-state index in [4.69, 9.17) is 14.9 Å². The number of hydrogen-bond acceptors (Lipinski definition) is 3. The third-order valence-electron chi connectivity index (χ3n) is 3.89. The average molecular weight is 311 g/mol. The highest BCUT2D eigenvalue weighted by Crippen LogP contribution is 2.31. The van der Waals surface area contributed by atoms with Gasteiger partial charge in [0.2, 0.25) is 0 Å². The predicted octanol–water partition coefficient (Wildman–Crippen LogP) is 3.04. The third-order valence-corrected chi connectivity index (χ3v) is 3.89. The molecule has 5 nitrogen and oxygen atoms in total. The van der Waals surface area contributed by atoms with Crippen molar-refractivity contribution in [2.24, 2.45) is 0 Å². The molecule has 1 aliphatic rings. The van der Waals surface area contributed by atoms with Gasteiger partial charge in [0.05, 0.1) is 26.0 Å². The fraction of sp³-hybridized carbons (Fsp3) is 0.278. The van der Waals surface area contributed by atoms with Crippen molar-refractivity contribution in [1.82, 2.24) is 4.90 Å². The number of ether oxygens (including phenoxy) is 2. The van der Waals surface area contributed by atoms with Crippen molar-refractivity contribution in [3.05, 3.63) is 48.5 Å². The molecule has 1 saturated heterocycles. The first-order chi connectivity index (χ1) is 11.3. The van der Waals surface area contributed by atoms with E-state index in [1.807, 2.05) is 41.3 Å². The number of hydrogen-bond donors (Lipinski definition) is 2. The van der Waals surface area contributed by atoms with Crippen LogP contribution in [0, 0.1) is 5.41 Å². The highest BCUT2D eigenvalue weighted by molar-refractivity contribution is 5.96. The molecule has 1 heterocycles. The molecule has 2 aromatic carbocycles. The number of nitrogens with zero attached hydrogens (tertiary/aromatic N) is 1. The van der Waals surface area contributed by atoms with Gasteiger partial charge in [-0.2, -0.15) is 0 Å². The van der Waals surface area contributed by atoms with Gasteiger partial charge in [-0.15, -0.1) is 0 Å². The molecular formula is C18H21N3O2. The van der Waals surface area contributed by atoms with Gasteiger partial charge in [0.1, 0.15) is 5.75 Å². The molecule has 0 bridgehead atoms. The Kier molecular flexibility index (Phi) is 4.78. The lowest BCUT2D eigenvalue weighted by atomic mass is 10.0. The van der Waals surface area contributed by atoms with Crippen molar-refractivity contribution >= 4 is 11.6 Å². The van der Waals surface area contributed by atoms with E-state index in [0.29, 0.717) is 19.2 Å². The minimum Gasteiger partial charge on any atom is -0.497 e. The standard InChI is InChI=1S/C18H21N3O2/c1-22-15-7-8-16(14-5-3-2-4-6-14)17(13-15)20-18(19)21-9-11-23-12-10-21/h2-8,13H,9-12H2,1H3,(H2,19,20). The largest absolute Gasteiger partial charge is 0.497 e. The molecule has 1 aliphatic heterocycles. The summed E-state index contributed by atoms with van der Waals surface area (Å²) in [6.07, 6.45) is 0. The van der Waals surface area contributed by atoms with Crippen LogP contribution in [-0.4, -0.2) is 44.3 Å². The molecule has 0 amide bonds. The number of methoxy groups -OCH3 is 1. The summed E-state index contributed by atoms with van der Waals surface area (Å²) >= 11 is 0. The number of rotatable bonds is 3. The lowest BCUT2D eigenvalue weighted by molar-refractivity contribution is 0.0677. The Balaban J connectivity index is 1.88. The molecule has 3 rings (SSSR count). The second-order valence-electron chi connectivity index (χ2n) is 5.35. The van der Waals surface area contributed by atoms with Crippen LogP contribution in [-0.2, 0) is 4.74 Å². The van der Waals surface area contributed by atoms with E-state index in [0.717, 1.165) is 35.7 Å². The summed E-state index contributed by atoms with van der Waals surface area (Å²) in [7, 11) is 1.65. The third kappa shape index (κ3) is 3.63. The van der Waals surface area contributed by atoms with E-state index in [2.05, 4.69) is 17.4 Å². The van der Waals surface area contributed by atoms with Gasteiger partial charge in [-0.3, -0.25) is 5.41 Å². The van der Waals surface area contributed by atoms with Gasteiger partial charge in [0.15, 0.2) is 5.96 Å². The number of anilines is 1. The van der Waals surface area contributed by atoms with Crippen molar-refractivity contribution in [2.75, 3.05) is 38.7 Å². The summed E-state index contributed by atoms with van der Waals surface area (Å²) in [4.78, 5) is 1.98. The molecule has 0 radical (unpaired) electrons. The smallest absolute Gasteiger partial charge is 0.195 e. The summed E-state index contributed by atoms with van der Waals surface area (Å²) < 4.78 is 10.7. The molecule has 0 spiro atoms. The molecule has 5 heteroatoms. The normalized spacial score (nSPS) is 14.4. The van der Waals surface area contributed by atoms with Crippen LogP contribution in [0.2, 0.25) is 0 Å². The number of guanidine groups is 1. The molecule has 0 saturated carbocycles. The molecule has 2 N–H and O–H groups in total. The highest BCUT2D eigenvalue weighted by Gasteiger charge is 2.16. The van der Waals surface area contributed by atoms with E-state index >= 15 is 0 Å². The Hall–Kier alpha value is -2.53. The molecule has 0 atom stereocenters. The minimum absolute atomic E-state index is 0.388. The Bertz CT molecular complexity index is 667. The van der Waals surface area contributed by atoms with E-state index in [1.165, 1.54) is 0 Å². The molecule has 0 unspecified atom stereocenters. The first-order valence-corrected chi connectivity index (χ1v) is 7.69. The summed E-state index contributed by atoms with van der Waals surface area (Å²) in [6.45, 7) is 2.79. The van der Waals surface area contributed by atoms with Gasteiger partial charge >= 0.3 is 0 Å². The first kappa shape index (κ1) is 15.4. The van der Waals surface area contributed by atoms with Gasteiger partial charge < -0.3 is 19.7 Å². The summed E-state index contributed by atoms with van der Waals surface area (Å²) in [6, 6.07) is 16.0. The van der Waals surface area contributed by atoms with Crippen LogP contribution in [0.1, 0.15) is 0 Å². The zero-order chi connectivity index (χ0) is 16.1. The topological polar surface area (TPSA) is 57.6 Å². The molecule has 0 aromatic heterocycles. The second-order valence-corrected chi connectivity index (χ2v) is 5.35. The number of morpholine rings is 1. The maximum absolute atomic E-state index is 8.33. The lowest BCUT2D eigenvalue weighted by Crippen LogP contribution is -2.43. The van der Waals surface area contributed by atoms with Crippen molar-refractivity contribution in [2.45, 2.75) is 0 Å². The van der Waals surface area contributed by atoms with Gasteiger partial charge in [-0.25, -0.2) is 0 Å². The maximum Gasteiger partial charge on any atom is 0.195 e. The highest BCUT2D eigenvalue weighted by atomic mass is 16.5. The van der Waals surface area contributed by atoms with E-state index < -0.39 is 0 Å². The van der Waals surface area contributed by atoms with Gasteiger partial charge in [-0.1, -0.05) is 30.3 Å². The molecule has 0 aliphatic carbocycles. The lowest BCUT2D eigenvalue weighted by Gasteiger charge is -2.29. The predicted molar refractivity (Wildman–Crippen MR) is 92.2 cm³/mol. The van der Waals surface area contributed by atoms with Crippen LogP contribution in [0.25, 0.3) is 11.1 Å². The van der Waals surface area contributed by atoms with Gasteiger partial charge in [0.25, 0.3) is 0 Å². The Labute approximate surface area is 136 Å². The van der Waals surface area contributed by atoms with Crippen molar-refractivity contribution in [3.8, 4) is 16.9 Å². The van der Waals surface area contributed by atoms with Crippen LogP contribution in [0.3, 0.4) is 0 Å².